The molecule has 8 heteroatoms. The molecule has 0 bridgehead atoms. The fraction of sp³-hybridized carbons (Fsp3) is 0.333. The van der Waals surface area contributed by atoms with Gasteiger partial charge in [-0.2, -0.15) is 4.99 Å². The summed E-state index contributed by atoms with van der Waals surface area (Å²) >= 11 is 0. The first-order chi connectivity index (χ1) is 18.2. The maximum absolute atomic E-state index is 15.7. The zero-order valence-electron chi connectivity index (χ0n) is 21.8. The van der Waals surface area contributed by atoms with E-state index in [1.807, 2.05) is 13.8 Å². The molecule has 1 aromatic carbocycles. The standard InChI is InChI=1S/C30H30FN5O2/c1-6-8-9-10-26(32-7-2)30(31)15-17-36(18-16-30)29(38)23-12-11-22(5)25(19-23)35-28(37)24-13-14-27(33-20-24)34-21(3)4/h1-2,9-10,13-14,19-21H,8,15-18H2,3-5H3,(H,33,34)(H,35,37)/b10-9-,32-26?. The Morgan fingerprint density at radius 2 is 2.03 bits per heavy atom. The third-order valence-corrected chi connectivity index (χ3v) is 6.02. The van der Waals surface area contributed by atoms with Gasteiger partial charge in [0.15, 0.2) is 5.67 Å². The number of pyridine rings is 1. The van der Waals surface area contributed by atoms with E-state index in [1.165, 1.54) is 12.3 Å². The molecule has 0 aliphatic carbocycles. The van der Waals surface area contributed by atoms with Crippen molar-refractivity contribution in [1.29, 1.82) is 0 Å². The number of aromatic nitrogens is 1. The highest BCUT2D eigenvalue weighted by Crippen LogP contribution is 2.30. The van der Waals surface area contributed by atoms with Gasteiger partial charge in [0.05, 0.1) is 22.5 Å². The quantitative estimate of drug-likeness (QED) is 0.400. The van der Waals surface area contributed by atoms with Crippen LogP contribution in [0.4, 0.5) is 15.9 Å². The molecule has 1 saturated heterocycles. The Morgan fingerprint density at radius 1 is 1.29 bits per heavy atom. The number of amides is 2. The minimum absolute atomic E-state index is 0.0352. The highest BCUT2D eigenvalue weighted by atomic mass is 19.1. The molecule has 0 spiro atoms. The van der Waals surface area contributed by atoms with Gasteiger partial charge in [-0.25, -0.2) is 9.37 Å². The number of likely N-dealkylation sites (tertiary alicyclic amines) is 1. The Morgan fingerprint density at radius 3 is 2.63 bits per heavy atom. The molecule has 0 radical (unpaired) electrons. The Balaban J connectivity index is 1.69. The van der Waals surface area contributed by atoms with Crippen LogP contribution < -0.4 is 10.6 Å². The molecule has 1 aliphatic rings. The van der Waals surface area contributed by atoms with Crippen molar-refractivity contribution in [2.24, 2.45) is 4.99 Å². The lowest BCUT2D eigenvalue weighted by atomic mass is 9.87. The summed E-state index contributed by atoms with van der Waals surface area (Å²) in [7, 11) is 0. The van der Waals surface area contributed by atoms with Crippen molar-refractivity contribution < 1.29 is 14.0 Å². The number of hydrogen-bond acceptors (Lipinski definition) is 5. The molecule has 3 rings (SSSR count). The predicted molar refractivity (Wildman–Crippen MR) is 148 cm³/mol. The number of terminal acetylenes is 2. The van der Waals surface area contributed by atoms with E-state index >= 15 is 4.39 Å². The van der Waals surface area contributed by atoms with Gasteiger partial charge in [-0.1, -0.05) is 24.6 Å². The molecule has 0 atom stereocenters. The van der Waals surface area contributed by atoms with Crippen molar-refractivity contribution in [3.8, 4) is 24.8 Å². The molecule has 1 aliphatic heterocycles. The van der Waals surface area contributed by atoms with E-state index in [4.69, 9.17) is 12.8 Å². The van der Waals surface area contributed by atoms with Gasteiger partial charge in [0, 0.05) is 56.2 Å². The first kappa shape index (κ1) is 28.0. The van der Waals surface area contributed by atoms with E-state index in [0.717, 1.165) is 0 Å². The van der Waals surface area contributed by atoms with Gasteiger partial charge in [-0.3, -0.25) is 9.59 Å². The average Bonchev–Trinajstić information content (AvgIpc) is 2.89. The zero-order chi connectivity index (χ0) is 27.7. The summed E-state index contributed by atoms with van der Waals surface area (Å²) < 4.78 is 15.7. The number of carbonyl (C=O) groups excluding carboxylic acids is 2. The second-order valence-electron chi connectivity index (χ2n) is 9.23. The summed E-state index contributed by atoms with van der Waals surface area (Å²) in [5.74, 6) is 2.42. The van der Waals surface area contributed by atoms with Crippen LogP contribution in [0.25, 0.3) is 0 Å². The molecule has 2 heterocycles. The highest BCUT2D eigenvalue weighted by Gasteiger charge is 2.40. The Hall–Kier alpha value is -4.61. The van der Waals surface area contributed by atoms with E-state index in [0.29, 0.717) is 29.1 Å². The van der Waals surface area contributed by atoms with Crippen molar-refractivity contribution in [1.82, 2.24) is 9.88 Å². The normalized spacial score (nSPS) is 14.9. The molecule has 7 nitrogen and oxygen atoms in total. The molecular weight excluding hydrogens is 481 g/mol. The average molecular weight is 512 g/mol. The van der Waals surface area contributed by atoms with Crippen molar-refractivity contribution in [2.45, 2.75) is 51.7 Å². The molecule has 2 amide bonds. The van der Waals surface area contributed by atoms with Gasteiger partial charge in [0.25, 0.3) is 11.8 Å². The van der Waals surface area contributed by atoms with Crippen LogP contribution >= 0.6 is 0 Å². The number of anilines is 2. The Kier molecular flexibility index (Phi) is 9.25. The van der Waals surface area contributed by atoms with Crippen molar-refractivity contribution in [3.63, 3.8) is 0 Å². The fourth-order valence-corrected chi connectivity index (χ4v) is 3.95. The lowest BCUT2D eigenvalue weighted by Crippen LogP contribution is -2.48. The molecule has 1 aromatic heterocycles. The summed E-state index contributed by atoms with van der Waals surface area (Å²) in [5, 5.41) is 5.98. The van der Waals surface area contributed by atoms with Crippen molar-refractivity contribution in [3.05, 3.63) is 65.4 Å². The van der Waals surface area contributed by atoms with E-state index < -0.39 is 5.67 Å². The molecule has 38 heavy (non-hydrogen) atoms. The van der Waals surface area contributed by atoms with E-state index in [-0.39, 0.29) is 55.1 Å². The van der Waals surface area contributed by atoms with Crippen LogP contribution in [-0.4, -0.2) is 52.2 Å². The highest BCUT2D eigenvalue weighted by molar-refractivity contribution is 6.05. The number of rotatable bonds is 8. The second-order valence-corrected chi connectivity index (χ2v) is 9.23. The van der Waals surface area contributed by atoms with E-state index in [9.17, 15) is 9.59 Å². The first-order valence-electron chi connectivity index (χ1n) is 12.3. The molecule has 0 unspecified atom stereocenters. The van der Waals surface area contributed by atoms with Crippen molar-refractivity contribution >= 4 is 29.0 Å². The molecule has 2 N–H and O–H groups in total. The molecular formula is C30H30FN5O2. The summed E-state index contributed by atoms with van der Waals surface area (Å²) in [6, 6.07) is 13.1. The third-order valence-electron chi connectivity index (χ3n) is 6.02. The predicted octanol–water partition coefficient (Wildman–Crippen LogP) is 4.62. The van der Waals surface area contributed by atoms with Crippen LogP contribution in [0, 0.1) is 43.9 Å². The van der Waals surface area contributed by atoms with Crippen LogP contribution in [0.3, 0.4) is 0 Å². The summed E-state index contributed by atoms with van der Waals surface area (Å²) in [6.45, 7) is 6.07. The van der Waals surface area contributed by atoms with Gasteiger partial charge < -0.3 is 15.5 Å². The molecule has 2 aromatic rings. The molecule has 1 fully saturated rings. The second kappa shape index (κ2) is 12.6. The number of alkyl halides is 1. The summed E-state index contributed by atoms with van der Waals surface area (Å²) in [5.41, 5.74) is 0.0145. The Labute approximate surface area is 223 Å². The monoisotopic (exact) mass is 511 g/mol. The fourth-order valence-electron chi connectivity index (χ4n) is 3.95. The first-order valence-corrected chi connectivity index (χ1v) is 12.3. The van der Waals surface area contributed by atoms with Gasteiger partial charge in [-0.05, 0) is 45.0 Å². The number of piperidine rings is 1. The van der Waals surface area contributed by atoms with Crippen molar-refractivity contribution in [2.75, 3.05) is 23.7 Å². The van der Waals surface area contributed by atoms with Crippen LogP contribution in [0.1, 0.15) is 59.4 Å². The number of hydrogen-bond donors (Lipinski definition) is 2. The van der Waals surface area contributed by atoms with E-state index in [1.54, 1.807) is 36.1 Å². The maximum atomic E-state index is 15.7. The number of nitrogens with zero attached hydrogens (tertiary/aromatic N) is 3. The minimum atomic E-state index is -1.76. The SMILES string of the molecule is C#CC/C=C\C(=NC#C)C1(F)CCN(C(=O)c2c#cc(C)c(NC(=O)c3ccc(NC(C)C)nc3)c2)CC1. The number of aliphatic imine (C=N–C) groups is 1. The molecule has 0 saturated carbocycles. The lowest BCUT2D eigenvalue weighted by molar-refractivity contribution is 0.0608. The smallest absolute Gasteiger partial charge is 0.262 e. The van der Waals surface area contributed by atoms with Gasteiger partial charge in [0.1, 0.15) is 5.82 Å². The summed E-state index contributed by atoms with van der Waals surface area (Å²) in [6.07, 6.45) is 15.6. The van der Waals surface area contributed by atoms with Crippen LogP contribution in [0.15, 0.2) is 41.5 Å². The zero-order valence-corrected chi connectivity index (χ0v) is 21.8. The van der Waals surface area contributed by atoms with Crippen LogP contribution in [0.5, 0.6) is 0 Å². The van der Waals surface area contributed by atoms with Crippen LogP contribution in [-0.2, 0) is 0 Å². The number of halogens is 1. The lowest BCUT2D eigenvalue weighted by Gasteiger charge is -2.36. The number of allylic oxidation sites excluding steroid dienone is 2. The summed E-state index contributed by atoms with van der Waals surface area (Å²) in [4.78, 5) is 35.6. The van der Waals surface area contributed by atoms with E-state index in [2.05, 4.69) is 44.7 Å². The molecule has 194 valence electrons. The largest absolute Gasteiger partial charge is 0.368 e. The van der Waals surface area contributed by atoms with Crippen LogP contribution in [0.2, 0.25) is 0 Å². The number of carbonyl (C=O) groups is 2. The minimum Gasteiger partial charge on any atom is -0.368 e. The number of nitrogens with one attached hydrogen (secondary N) is 2. The van der Waals surface area contributed by atoms with Gasteiger partial charge in [-0.15, -0.1) is 12.3 Å². The van der Waals surface area contributed by atoms with Gasteiger partial charge in [0.2, 0.25) is 0 Å². The van der Waals surface area contributed by atoms with Gasteiger partial charge >= 0.3 is 0 Å². The Bertz CT molecular complexity index is 1310. The third kappa shape index (κ3) is 6.99. The maximum Gasteiger partial charge on any atom is 0.262 e. The topological polar surface area (TPSA) is 86.7 Å².